The third-order valence-corrected chi connectivity index (χ3v) is 3.94. The first kappa shape index (κ1) is 15.8. The van der Waals surface area contributed by atoms with E-state index in [1.807, 2.05) is 6.92 Å². The standard InChI is InChI=1S/C15H18ClFN2O2/c1-3-7-18-9-13(20)19(10(2)15(18)21)8-11-5-4-6-12(16)14(11)17/h4-6,10H,3,7-9H2,1-2H3/t10-/m0/s1. The molecule has 1 saturated heterocycles. The monoisotopic (exact) mass is 312 g/mol. The van der Waals surface area contributed by atoms with Crippen LogP contribution in [0.25, 0.3) is 0 Å². The van der Waals surface area contributed by atoms with Crippen LogP contribution >= 0.6 is 11.6 Å². The number of piperazine rings is 1. The van der Waals surface area contributed by atoms with E-state index in [9.17, 15) is 14.0 Å². The number of amides is 2. The summed E-state index contributed by atoms with van der Waals surface area (Å²) in [5.74, 6) is -0.809. The summed E-state index contributed by atoms with van der Waals surface area (Å²) in [6, 6.07) is 4.07. The number of nitrogens with zero attached hydrogens (tertiary/aromatic N) is 2. The van der Waals surface area contributed by atoms with Gasteiger partial charge in [-0.15, -0.1) is 0 Å². The fourth-order valence-electron chi connectivity index (χ4n) is 2.48. The van der Waals surface area contributed by atoms with Crippen molar-refractivity contribution in [3.63, 3.8) is 0 Å². The molecule has 0 N–H and O–H groups in total. The fraction of sp³-hybridized carbons (Fsp3) is 0.467. The van der Waals surface area contributed by atoms with Gasteiger partial charge in [-0.2, -0.15) is 0 Å². The number of hydrogen-bond acceptors (Lipinski definition) is 2. The van der Waals surface area contributed by atoms with Crippen LogP contribution in [0.2, 0.25) is 5.02 Å². The lowest BCUT2D eigenvalue weighted by molar-refractivity contribution is -0.155. The molecule has 2 amide bonds. The van der Waals surface area contributed by atoms with Crippen molar-refractivity contribution in [3.05, 3.63) is 34.6 Å². The van der Waals surface area contributed by atoms with Gasteiger partial charge in [0.2, 0.25) is 11.8 Å². The van der Waals surface area contributed by atoms with Crippen molar-refractivity contribution in [3.8, 4) is 0 Å². The lowest BCUT2D eigenvalue weighted by Crippen LogP contribution is -2.58. The van der Waals surface area contributed by atoms with Crippen molar-refractivity contribution in [2.45, 2.75) is 32.9 Å². The van der Waals surface area contributed by atoms with Crippen molar-refractivity contribution in [1.29, 1.82) is 0 Å². The molecule has 6 heteroatoms. The molecule has 0 bridgehead atoms. The van der Waals surface area contributed by atoms with Crippen molar-refractivity contribution < 1.29 is 14.0 Å². The predicted octanol–water partition coefficient (Wildman–Crippen LogP) is 2.45. The van der Waals surface area contributed by atoms with E-state index >= 15 is 0 Å². The van der Waals surface area contributed by atoms with Crippen molar-refractivity contribution in [1.82, 2.24) is 9.80 Å². The Hall–Kier alpha value is -1.62. The van der Waals surface area contributed by atoms with Crippen LogP contribution in [0, 0.1) is 5.82 Å². The summed E-state index contributed by atoms with van der Waals surface area (Å²) in [5, 5.41) is 0.0172. The van der Waals surface area contributed by atoms with Gasteiger partial charge >= 0.3 is 0 Å². The Labute approximate surface area is 128 Å². The molecule has 1 atom stereocenters. The highest BCUT2D eigenvalue weighted by Gasteiger charge is 2.36. The molecule has 0 aliphatic carbocycles. The first-order valence-corrected chi connectivity index (χ1v) is 7.34. The highest BCUT2D eigenvalue weighted by Crippen LogP contribution is 2.22. The summed E-state index contributed by atoms with van der Waals surface area (Å²) in [4.78, 5) is 27.4. The zero-order valence-electron chi connectivity index (χ0n) is 12.1. The van der Waals surface area contributed by atoms with Crippen molar-refractivity contribution in [2.24, 2.45) is 0 Å². The third-order valence-electron chi connectivity index (χ3n) is 3.65. The van der Waals surface area contributed by atoms with E-state index < -0.39 is 11.9 Å². The average molecular weight is 313 g/mol. The van der Waals surface area contributed by atoms with Crippen LogP contribution in [0.4, 0.5) is 4.39 Å². The summed E-state index contributed by atoms with van der Waals surface area (Å²) in [5.41, 5.74) is 0.319. The van der Waals surface area contributed by atoms with Gasteiger partial charge in [0.1, 0.15) is 11.9 Å². The smallest absolute Gasteiger partial charge is 0.245 e. The van der Waals surface area contributed by atoms with E-state index in [4.69, 9.17) is 11.6 Å². The minimum Gasteiger partial charge on any atom is -0.332 e. The van der Waals surface area contributed by atoms with Crippen LogP contribution in [-0.4, -0.2) is 40.7 Å². The zero-order chi connectivity index (χ0) is 15.6. The number of carbonyl (C=O) groups excluding carboxylic acids is 2. The molecule has 2 rings (SSSR count). The summed E-state index contributed by atoms with van der Waals surface area (Å²) in [6.45, 7) is 4.30. The topological polar surface area (TPSA) is 40.6 Å². The van der Waals surface area contributed by atoms with Gasteiger partial charge in [-0.3, -0.25) is 9.59 Å². The van der Waals surface area contributed by atoms with Gasteiger partial charge in [-0.25, -0.2) is 4.39 Å². The van der Waals surface area contributed by atoms with E-state index in [2.05, 4.69) is 0 Å². The van der Waals surface area contributed by atoms with E-state index in [1.165, 1.54) is 11.0 Å². The molecule has 1 aliphatic heterocycles. The molecule has 0 spiro atoms. The van der Waals surface area contributed by atoms with Crippen molar-refractivity contribution >= 4 is 23.4 Å². The van der Waals surface area contributed by atoms with E-state index in [0.29, 0.717) is 12.1 Å². The fourth-order valence-corrected chi connectivity index (χ4v) is 2.68. The lowest BCUT2D eigenvalue weighted by Gasteiger charge is -2.38. The van der Waals surface area contributed by atoms with Crippen LogP contribution < -0.4 is 0 Å². The zero-order valence-corrected chi connectivity index (χ0v) is 12.9. The second-order valence-electron chi connectivity index (χ2n) is 5.17. The maximum absolute atomic E-state index is 13.9. The summed E-state index contributed by atoms with van der Waals surface area (Å²) in [7, 11) is 0. The molecular formula is C15H18ClFN2O2. The van der Waals surface area contributed by atoms with Crippen molar-refractivity contribution in [2.75, 3.05) is 13.1 Å². The molecule has 1 heterocycles. The lowest BCUT2D eigenvalue weighted by atomic mass is 10.1. The van der Waals surface area contributed by atoms with Crippen LogP contribution in [0.3, 0.4) is 0 Å². The number of carbonyl (C=O) groups is 2. The van der Waals surface area contributed by atoms with Gasteiger partial charge in [-0.05, 0) is 19.4 Å². The van der Waals surface area contributed by atoms with Crippen LogP contribution in [-0.2, 0) is 16.1 Å². The summed E-state index contributed by atoms with van der Waals surface area (Å²) >= 11 is 5.74. The Balaban J connectivity index is 2.19. The molecule has 1 aromatic rings. The predicted molar refractivity (Wildman–Crippen MR) is 78.3 cm³/mol. The Bertz CT molecular complexity index is 565. The Kier molecular flexibility index (Phi) is 4.83. The molecule has 0 saturated carbocycles. The molecule has 1 aromatic carbocycles. The highest BCUT2D eigenvalue weighted by atomic mass is 35.5. The quantitative estimate of drug-likeness (QED) is 0.857. The van der Waals surface area contributed by atoms with E-state index in [-0.39, 0.29) is 29.9 Å². The maximum Gasteiger partial charge on any atom is 0.245 e. The molecule has 0 unspecified atom stereocenters. The largest absolute Gasteiger partial charge is 0.332 e. The molecular weight excluding hydrogens is 295 g/mol. The van der Waals surface area contributed by atoms with Gasteiger partial charge in [-0.1, -0.05) is 30.7 Å². The van der Waals surface area contributed by atoms with E-state index in [0.717, 1.165) is 6.42 Å². The summed E-state index contributed by atoms with van der Waals surface area (Å²) in [6.07, 6.45) is 0.800. The Morgan fingerprint density at radius 2 is 2.10 bits per heavy atom. The number of benzene rings is 1. The van der Waals surface area contributed by atoms with Gasteiger partial charge in [0.15, 0.2) is 0 Å². The maximum atomic E-state index is 13.9. The highest BCUT2D eigenvalue weighted by molar-refractivity contribution is 6.30. The van der Waals surface area contributed by atoms with E-state index in [1.54, 1.807) is 24.0 Å². The summed E-state index contributed by atoms with van der Waals surface area (Å²) < 4.78 is 13.9. The Morgan fingerprint density at radius 3 is 2.76 bits per heavy atom. The number of hydrogen-bond donors (Lipinski definition) is 0. The molecule has 4 nitrogen and oxygen atoms in total. The SMILES string of the molecule is CCCN1CC(=O)N(Cc2cccc(Cl)c2F)[C@@H](C)C1=O. The second kappa shape index (κ2) is 6.43. The number of halogens is 2. The first-order chi connectivity index (χ1) is 9.95. The second-order valence-corrected chi connectivity index (χ2v) is 5.58. The van der Waals surface area contributed by atoms with Gasteiger partial charge < -0.3 is 9.80 Å². The van der Waals surface area contributed by atoms with Gasteiger partial charge in [0, 0.05) is 18.7 Å². The molecule has 1 fully saturated rings. The van der Waals surface area contributed by atoms with Crippen LogP contribution in [0.5, 0.6) is 0 Å². The minimum atomic E-state index is -0.587. The molecule has 0 aromatic heterocycles. The molecule has 21 heavy (non-hydrogen) atoms. The molecule has 0 radical (unpaired) electrons. The first-order valence-electron chi connectivity index (χ1n) is 6.96. The Morgan fingerprint density at radius 1 is 1.38 bits per heavy atom. The van der Waals surface area contributed by atoms with Gasteiger partial charge in [0.25, 0.3) is 0 Å². The molecule has 114 valence electrons. The van der Waals surface area contributed by atoms with Gasteiger partial charge in [0.05, 0.1) is 11.6 Å². The average Bonchev–Trinajstić information content (AvgIpc) is 2.45. The molecule has 1 aliphatic rings. The normalized spacial score (nSPS) is 19.3. The number of rotatable bonds is 4. The van der Waals surface area contributed by atoms with Crippen LogP contribution in [0.1, 0.15) is 25.8 Å². The minimum absolute atomic E-state index is 0.0172. The third kappa shape index (κ3) is 3.18. The van der Waals surface area contributed by atoms with Crippen LogP contribution in [0.15, 0.2) is 18.2 Å².